The van der Waals surface area contributed by atoms with E-state index in [2.05, 4.69) is 9.97 Å². The minimum atomic E-state index is -4.67. The molecule has 10 heteroatoms. The van der Waals surface area contributed by atoms with Gasteiger partial charge in [0.15, 0.2) is 0 Å². The molecule has 3 aromatic rings. The smallest absolute Gasteiger partial charge is 0.394 e. The Hall–Kier alpha value is -2.46. The third-order valence-electron chi connectivity index (χ3n) is 2.94. The molecule has 1 aromatic carbocycles. The van der Waals surface area contributed by atoms with Gasteiger partial charge in [-0.1, -0.05) is 23.7 Å². The van der Waals surface area contributed by atoms with Crippen molar-refractivity contribution in [1.82, 2.24) is 9.97 Å². The Bertz CT molecular complexity index is 974. The van der Waals surface area contributed by atoms with Gasteiger partial charge in [-0.05, 0) is 23.8 Å². The van der Waals surface area contributed by atoms with E-state index in [1.165, 1.54) is 6.20 Å². The Morgan fingerprint density at radius 3 is 2.25 bits per heavy atom. The van der Waals surface area contributed by atoms with Crippen LogP contribution in [0.2, 0.25) is 5.02 Å². The Balaban J connectivity index is 0.000000368. The summed E-state index contributed by atoms with van der Waals surface area (Å²) in [5, 5.41) is 10.4. The van der Waals surface area contributed by atoms with Crippen LogP contribution in [-0.4, -0.2) is 38.6 Å². The van der Waals surface area contributed by atoms with E-state index in [0.717, 1.165) is 11.1 Å². The number of hydrogen-bond donors (Lipinski definition) is 4. The van der Waals surface area contributed by atoms with Gasteiger partial charge >= 0.3 is 16.4 Å². The SMILES string of the molecule is O=C(O)c1c[nH]c2ncc(-c3ccc(Cl)cc3)cc12.O=S(=O)(O)O. The molecule has 8 nitrogen and oxygen atoms in total. The first-order chi connectivity index (χ1) is 11.1. The first-order valence-electron chi connectivity index (χ1n) is 6.31. The van der Waals surface area contributed by atoms with E-state index in [-0.39, 0.29) is 5.56 Å². The summed E-state index contributed by atoms with van der Waals surface area (Å²) in [6.45, 7) is 0. The van der Waals surface area contributed by atoms with E-state index in [0.29, 0.717) is 16.1 Å². The molecule has 0 aliphatic carbocycles. The van der Waals surface area contributed by atoms with E-state index in [1.807, 2.05) is 18.2 Å². The molecule has 0 aliphatic heterocycles. The van der Waals surface area contributed by atoms with E-state index >= 15 is 0 Å². The highest BCUT2D eigenvalue weighted by atomic mass is 35.5. The standard InChI is InChI=1S/C14H9ClN2O2.H2O4S/c15-10-3-1-8(2-4-10)9-5-11-12(14(18)19)7-17-13(11)16-6-9;1-5(2,3)4/h1-7H,(H,16,17)(H,18,19);(H2,1,2,3,4). The van der Waals surface area contributed by atoms with Gasteiger partial charge in [0.2, 0.25) is 0 Å². The Kier molecular flexibility index (Phi) is 5.20. The highest BCUT2D eigenvalue weighted by Crippen LogP contribution is 2.25. The molecule has 0 aliphatic rings. The van der Waals surface area contributed by atoms with Crippen molar-refractivity contribution in [3.63, 3.8) is 0 Å². The summed E-state index contributed by atoms with van der Waals surface area (Å²) in [7, 11) is -4.67. The molecule has 126 valence electrons. The Labute approximate surface area is 141 Å². The van der Waals surface area contributed by atoms with Crippen LogP contribution in [0, 0.1) is 0 Å². The van der Waals surface area contributed by atoms with Gasteiger partial charge in [-0.15, -0.1) is 0 Å². The Morgan fingerprint density at radius 1 is 1.12 bits per heavy atom. The van der Waals surface area contributed by atoms with Crippen LogP contribution in [0.25, 0.3) is 22.2 Å². The van der Waals surface area contributed by atoms with Gasteiger partial charge < -0.3 is 10.1 Å². The maximum atomic E-state index is 11.1. The number of fused-ring (bicyclic) bond motifs is 1. The second-order valence-electron chi connectivity index (χ2n) is 4.58. The van der Waals surface area contributed by atoms with Crippen LogP contribution in [0.3, 0.4) is 0 Å². The lowest BCUT2D eigenvalue weighted by Crippen LogP contribution is -1.94. The van der Waals surface area contributed by atoms with Crippen molar-refractivity contribution in [2.24, 2.45) is 0 Å². The van der Waals surface area contributed by atoms with Gasteiger partial charge in [0.1, 0.15) is 5.65 Å². The second-order valence-corrected chi connectivity index (χ2v) is 5.91. The number of aromatic amines is 1. The monoisotopic (exact) mass is 370 g/mol. The number of halogens is 1. The first kappa shape index (κ1) is 17.9. The molecule has 4 N–H and O–H groups in total. The molecule has 0 amide bonds. The van der Waals surface area contributed by atoms with E-state index in [9.17, 15) is 4.79 Å². The molecular formula is C14H11ClN2O6S. The van der Waals surface area contributed by atoms with Crippen molar-refractivity contribution in [1.29, 1.82) is 0 Å². The van der Waals surface area contributed by atoms with E-state index in [4.69, 9.17) is 34.2 Å². The van der Waals surface area contributed by atoms with Crippen LogP contribution in [-0.2, 0) is 10.4 Å². The molecule has 2 heterocycles. The number of pyridine rings is 1. The van der Waals surface area contributed by atoms with E-state index in [1.54, 1.807) is 18.3 Å². The van der Waals surface area contributed by atoms with Gasteiger partial charge in [-0.2, -0.15) is 8.42 Å². The van der Waals surface area contributed by atoms with Crippen LogP contribution >= 0.6 is 11.6 Å². The number of hydrogen-bond acceptors (Lipinski definition) is 4. The average molecular weight is 371 g/mol. The van der Waals surface area contributed by atoms with Crippen LogP contribution in [0.5, 0.6) is 0 Å². The fourth-order valence-corrected chi connectivity index (χ4v) is 2.11. The van der Waals surface area contributed by atoms with Crippen LogP contribution in [0.15, 0.2) is 42.7 Å². The molecule has 0 fully saturated rings. The topological polar surface area (TPSA) is 141 Å². The normalized spacial score (nSPS) is 11.0. The number of benzene rings is 1. The summed E-state index contributed by atoms with van der Waals surface area (Å²) in [4.78, 5) is 18.2. The molecule has 2 aromatic heterocycles. The zero-order chi connectivity index (χ0) is 17.9. The molecular weight excluding hydrogens is 360 g/mol. The number of nitrogens with one attached hydrogen (secondary N) is 1. The third kappa shape index (κ3) is 4.77. The summed E-state index contributed by atoms with van der Waals surface area (Å²) in [5.41, 5.74) is 2.58. The molecule has 0 saturated heterocycles. The number of carboxylic acid groups (broad SMARTS) is 1. The molecule has 0 atom stereocenters. The predicted molar refractivity (Wildman–Crippen MR) is 87.7 cm³/mol. The number of carbonyl (C=O) groups is 1. The van der Waals surface area contributed by atoms with Gasteiger partial charge in [-0.25, -0.2) is 9.78 Å². The number of nitrogens with zero attached hydrogens (tertiary/aromatic N) is 1. The second kappa shape index (κ2) is 6.97. The van der Waals surface area contributed by atoms with Crippen molar-refractivity contribution in [3.8, 4) is 11.1 Å². The summed E-state index contributed by atoms with van der Waals surface area (Å²) in [6.07, 6.45) is 3.15. The summed E-state index contributed by atoms with van der Waals surface area (Å²) >= 11 is 5.85. The minimum absolute atomic E-state index is 0.221. The molecule has 0 spiro atoms. The zero-order valence-corrected chi connectivity index (χ0v) is 13.4. The molecule has 0 radical (unpaired) electrons. The lowest BCUT2D eigenvalue weighted by atomic mass is 10.1. The van der Waals surface area contributed by atoms with Crippen molar-refractivity contribution in [2.75, 3.05) is 0 Å². The molecule has 0 saturated carbocycles. The molecule has 24 heavy (non-hydrogen) atoms. The van der Waals surface area contributed by atoms with E-state index < -0.39 is 16.4 Å². The van der Waals surface area contributed by atoms with Crippen LogP contribution < -0.4 is 0 Å². The third-order valence-corrected chi connectivity index (χ3v) is 3.19. The minimum Gasteiger partial charge on any atom is -0.478 e. The highest BCUT2D eigenvalue weighted by Gasteiger charge is 2.12. The maximum absolute atomic E-state index is 11.1. The van der Waals surface area contributed by atoms with Crippen molar-refractivity contribution in [2.45, 2.75) is 0 Å². The Morgan fingerprint density at radius 2 is 1.71 bits per heavy atom. The predicted octanol–water partition coefficient (Wildman–Crippen LogP) is 2.93. The van der Waals surface area contributed by atoms with Crippen LogP contribution in [0.4, 0.5) is 0 Å². The van der Waals surface area contributed by atoms with Crippen molar-refractivity contribution < 1.29 is 27.4 Å². The lowest BCUT2D eigenvalue weighted by Gasteiger charge is -2.02. The van der Waals surface area contributed by atoms with Crippen LogP contribution in [0.1, 0.15) is 10.4 Å². The molecule has 0 bridgehead atoms. The van der Waals surface area contributed by atoms with Gasteiger partial charge in [0.25, 0.3) is 0 Å². The summed E-state index contributed by atoms with van der Waals surface area (Å²) in [5.74, 6) is -0.971. The summed E-state index contributed by atoms with van der Waals surface area (Å²) < 4.78 is 31.6. The van der Waals surface area contributed by atoms with Gasteiger partial charge in [0.05, 0.1) is 5.56 Å². The fraction of sp³-hybridized carbons (Fsp3) is 0. The molecule has 3 rings (SSSR count). The highest BCUT2D eigenvalue weighted by molar-refractivity contribution is 7.79. The number of aromatic carboxylic acids is 1. The quantitative estimate of drug-likeness (QED) is 0.508. The summed E-state index contributed by atoms with van der Waals surface area (Å²) in [6, 6.07) is 9.13. The number of H-pyrrole nitrogens is 1. The van der Waals surface area contributed by atoms with Gasteiger partial charge in [0, 0.05) is 28.4 Å². The van der Waals surface area contributed by atoms with Crippen molar-refractivity contribution >= 4 is 39.0 Å². The van der Waals surface area contributed by atoms with Gasteiger partial charge in [-0.3, -0.25) is 9.11 Å². The fourth-order valence-electron chi connectivity index (χ4n) is 1.98. The first-order valence-corrected chi connectivity index (χ1v) is 8.09. The zero-order valence-electron chi connectivity index (χ0n) is 11.8. The number of rotatable bonds is 2. The van der Waals surface area contributed by atoms with Crippen molar-refractivity contribution in [3.05, 3.63) is 53.3 Å². The lowest BCUT2D eigenvalue weighted by molar-refractivity contribution is 0.0699. The number of aromatic nitrogens is 2. The number of carboxylic acids is 1. The average Bonchev–Trinajstić information content (AvgIpc) is 2.89. The largest absolute Gasteiger partial charge is 0.478 e. The molecule has 0 unspecified atom stereocenters. The maximum Gasteiger partial charge on any atom is 0.394 e.